The van der Waals surface area contributed by atoms with Gasteiger partial charge < -0.3 is 5.73 Å². The number of halogens is 3. The maximum atomic E-state index is 12.9. The largest absolute Gasteiger partial charge is 0.453 e. The lowest BCUT2D eigenvalue weighted by atomic mass is 10.0. The molecule has 0 radical (unpaired) electrons. The zero-order chi connectivity index (χ0) is 16.8. The third kappa shape index (κ3) is 2.63. The number of nitrogens with two attached hydrogens (primary N) is 1. The van der Waals surface area contributed by atoms with E-state index in [1.807, 2.05) is 0 Å². The summed E-state index contributed by atoms with van der Waals surface area (Å²) in [6.45, 7) is 1.63. The molecule has 9 heteroatoms. The molecular weight excluding hydrogens is 327 g/mol. The Hall–Kier alpha value is -2.55. The molecule has 0 saturated heterocycles. The molecular formula is C14H10F3N5S. The maximum absolute atomic E-state index is 12.9. The molecule has 23 heavy (non-hydrogen) atoms. The third-order valence-electron chi connectivity index (χ3n) is 3.26. The van der Waals surface area contributed by atoms with E-state index in [9.17, 15) is 13.2 Å². The van der Waals surface area contributed by atoms with Crippen LogP contribution in [0.1, 0.15) is 17.1 Å². The van der Waals surface area contributed by atoms with Crippen molar-refractivity contribution in [3.05, 3.63) is 47.7 Å². The highest BCUT2D eigenvalue weighted by Gasteiger charge is 2.37. The molecule has 0 unspecified atom stereocenters. The van der Waals surface area contributed by atoms with Gasteiger partial charge in [0.05, 0.1) is 5.56 Å². The highest BCUT2D eigenvalue weighted by molar-refractivity contribution is 7.80. The monoisotopic (exact) mass is 337 g/mol. The van der Waals surface area contributed by atoms with Gasteiger partial charge in [-0.2, -0.15) is 13.2 Å². The Bertz CT molecular complexity index is 902. The molecule has 0 atom stereocenters. The average Bonchev–Trinajstić information content (AvgIpc) is 2.93. The second-order valence-electron chi connectivity index (χ2n) is 4.85. The molecule has 118 valence electrons. The van der Waals surface area contributed by atoms with Crippen LogP contribution in [0.15, 0.2) is 30.6 Å². The van der Waals surface area contributed by atoms with Crippen molar-refractivity contribution in [3.8, 4) is 11.1 Å². The number of nitrogens with zero attached hydrogens (tertiary/aromatic N) is 4. The number of rotatable bonds is 2. The summed E-state index contributed by atoms with van der Waals surface area (Å²) >= 11 is 5.02. The molecule has 0 aromatic carbocycles. The van der Waals surface area contributed by atoms with Gasteiger partial charge in [0.15, 0.2) is 5.65 Å². The highest BCUT2D eigenvalue weighted by atomic mass is 32.1. The van der Waals surface area contributed by atoms with Crippen molar-refractivity contribution in [2.45, 2.75) is 13.1 Å². The molecule has 0 bridgehead atoms. The summed E-state index contributed by atoms with van der Waals surface area (Å²) in [5.74, 6) is -1.23. The van der Waals surface area contributed by atoms with E-state index in [0.29, 0.717) is 16.8 Å². The fourth-order valence-electron chi connectivity index (χ4n) is 2.30. The van der Waals surface area contributed by atoms with Gasteiger partial charge in [0.2, 0.25) is 0 Å². The first-order chi connectivity index (χ1) is 10.8. The quantitative estimate of drug-likeness (QED) is 0.728. The molecule has 3 heterocycles. The van der Waals surface area contributed by atoms with Crippen LogP contribution in [-0.2, 0) is 6.18 Å². The second kappa shape index (κ2) is 5.27. The lowest BCUT2D eigenvalue weighted by Gasteiger charge is -2.11. The van der Waals surface area contributed by atoms with Crippen LogP contribution in [0.4, 0.5) is 13.2 Å². The maximum Gasteiger partial charge on any atom is 0.453 e. The van der Waals surface area contributed by atoms with E-state index >= 15 is 0 Å². The molecule has 0 amide bonds. The van der Waals surface area contributed by atoms with Crippen LogP contribution in [0.25, 0.3) is 16.8 Å². The van der Waals surface area contributed by atoms with Gasteiger partial charge in [-0.3, -0.25) is 4.98 Å². The average molecular weight is 337 g/mol. The molecule has 0 aliphatic carbocycles. The van der Waals surface area contributed by atoms with Gasteiger partial charge in [-0.05, 0) is 24.6 Å². The lowest BCUT2D eigenvalue weighted by molar-refractivity contribution is -0.144. The second-order valence-corrected chi connectivity index (χ2v) is 5.29. The minimum Gasteiger partial charge on any atom is -0.389 e. The fraction of sp³-hybridized carbons (Fsp3) is 0.143. The van der Waals surface area contributed by atoms with Crippen molar-refractivity contribution in [3.63, 3.8) is 0 Å². The van der Waals surface area contributed by atoms with Crippen molar-refractivity contribution in [1.82, 2.24) is 19.6 Å². The Kier molecular flexibility index (Phi) is 3.52. The molecule has 5 nitrogen and oxygen atoms in total. The number of pyridine rings is 2. The zero-order valence-electron chi connectivity index (χ0n) is 11.8. The summed E-state index contributed by atoms with van der Waals surface area (Å²) in [4.78, 5) is 7.54. The van der Waals surface area contributed by atoms with Crippen LogP contribution in [0.3, 0.4) is 0 Å². The summed E-state index contributed by atoms with van der Waals surface area (Å²) in [5.41, 5.74) is 7.67. The number of alkyl halides is 3. The van der Waals surface area contributed by atoms with Crippen LogP contribution in [0.2, 0.25) is 0 Å². The number of hydrogen-bond donors (Lipinski definition) is 1. The highest BCUT2D eigenvalue weighted by Crippen LogP contribution is 2.31. The Morgan fingerprint density at radius 2 is 2.09 bits per heavy atom. The Labute approximate surface area is 134 Å². The number of thiocarbonyl (C=S) groups is 1. The van der Waals surface area contributed by atoms with Crippen molar-refractivity contribution in [2.24, 2.45) is 5.73 Å². The van der Waals surface area contributed by atoms with Crippen LogP contribution >= 0.6 is 12.2 Å². The molecule has 2 N–H and O–H groups in total. The Morgan fingerprint density at radius 1 is 1.35 bits per heavy atom. The van der Waals surface area contributed by atoms with E-state index < -0.39 is 12.0 Å². The van der Waals surface area contributed by atoms with Crippen LogP contribution in [0.5, 0.6) is 0 Å². The Morgan fingerprint density at radius 3 is 2.65 bits per heavy atom. The van der Waals surface area contributed by atoms with Crippen molar-refractivity contribution in [2.75, 3.05) is 0 Å². The first-order valence-electron chi connectivity index (χ1n) is 6.47. The molecule has 0 saturated carbocycles. The van der Waals surface area contributed by atoms with E-state index in [1.54, 1.807) is 37.5 Å². The lowest BCUT2D eigenvalue weighted by Crippen LogP contribution is -2.14. The van der Waals surface area contributed by atoms with Crippen molar-refractivity contribution >= 4 is 22.9 Å². The van der Waals surface area contributed by atoms with Crippen molar-refractivity contribution < 1.29 is 13.2 Å². The summed E-state index contributed by atoms with van der Waals surface area (Å²) in [6, 6.07) is 5.14. The van der Waals surface area contributed by atoms with E-state index in [1.165, 1.54) is 0 Å². The van der Waals surface area contributed by atoms with Gasteiger partial charge in [0.1, 0.15) is 4.99 Å². The fourth-order valence-corrected chi connectivity index (χ4v) is 2.50. The molecule has 0 aliphatic rings. The SMILES string of the molecule is Cc1cc(-c2cccnc2)c(C(N)=S)c2nc(C(F)(F)F)nn12. The van der Waals surface area contributed by atoms with Gasteiger partial charge in [0.25, 0.3) is 5.82 Å². The Balaban J connectivity index is 2.39. The van der Waals surface area contributed by atoms with E-state index in [-0.39, 0.29) is 16.2 Å². The molecule has 0 spiro atoms. The summed E-state index contributed by atoms with van der Waals surface area (Å²) in [6.07, 6.45) is -1.48. The molecule has 3 aromatic rings. The standard InChI is InChI=1S/C14H10F3N5S/c1-7-5-9(8-3-2-4-19-6-8)10(11(18)23)12-20-13(14(15,16)17)21-22(7)12/h2-6H,1H3,(H2,18,23). The molecule has 0 aliphatic heterocycles. The summed E-state index contributed by atoms with van der Waals surface area (Å²) < 4.78 is 39.8. The molecule has 0 fully saturated rings. The molecule has 3 aromatic heterocycles. The zero-order valence-corrected chi connectivity index (χ0v) is 12.6. The van der Waals surface area contributed by atoms with Crippen molar-refractivity contribution in [1.29, 1.82) is 0 Å². The predicted octanol–water partition coefficient (Wildman–Crippen LogP) is 2.75. The number of aryl methyl sites for hydroxylation is 1. The van der Waals surface area contributed by atoms with Gasteiger partial charge in [0, 0.05) is 23.7 Å². The van der Waals surface area contributed by atoms with E-state index in [2.05, 4.69) is 15.1 Å². The topological polar surface area (TPSA) is 69.1 Å². The third-order valence-corrected chi connectivity index (χ3v) is 3.46. The van der Waals surface area contributed by atoms with Crippen LogP contribution in [0, 0.1) is 6.92 Å². The molecule has 3 rings (SSSR count). The van der Waals surface area contributed by atoms with Gasteiger partial charge in [-0.15, -0.1) is 5.10 Å². The smallest absolute Gasteiger partial charge is 0.389 e. The van der Waals surface area contributed by atoms with Crippen LogP contribution in [-0.4, -0.2) is 24.6 Å². The number of fused-ring (bicyclic) bond motifs is 1. The van der Waals surface area contributed by atoms with E-state index in [0.717, 1.165) is 4.52 Å². The number of aromatic nitrogens is 4. The normalized spacial score (nSPS) is 11.8. The van der Waals surface area contributed by atoms with E-state index in [4.69, 9.17) is 18.0 Å². The first kappa shape index (κ1) is 15.3. The van der Waals surface area contributed by atoms with Gasteiger partial charge in [-0.25, -0.2) is 9.50 Å². The first-order valence-corrected chi connectivity index (χ1v) is 6.87. The van der Waals surface area contributed by atoms with Crippen LogP contribution < -0.4 is 5.73 Å². The summed E-state index contributed by atoms with van der Waals surface area (Å²) in [7, 11) is 0. The predicted molar refractivity (Wildman–Crippen MR) is 81.8 cm³/mol. The van der Waals surface area contributed by atoms with Gasteiger partial charge in [-0.1, -0.05) is 18.3 Å². The van der Waals surface area contributed by atoms with Gasteiger partial charge >= 0.3 is 6.18 Å². The summed E-state index contributed by atoms with van der Waals surface area (Å²) in [5, 5.41) is 3.51. The number of hydrogen-bond acceptors (Lipinski definition) is 4. The minimum absolute atomic E-state index is 0.0244. The minimum atomic E-state index is -4.65.